The summed E-state index contributed by atoms with van der Waals surface area (Å²) in [6, 6.07) is 33.6. The summed E-state index contributed by atoms with van der Waals surface area (Å²) in [5.74, 6) is -2.09. The van der Waals surface area contributed by atoms with Crippen LogP contribution in [0.1, 0.15) is 70.8 Å². The molecule has 41 heavy (non-hydrogen) atoms. The van der Waals surface area contributed by atoms with Gasteiger partial charge in [0.25, 0.3) is 0 Å². The molecule has 0 N–H and O–H groups in total. The second-order valence-corrected chi connectivity index (χ2v) is 10.1. The molecule has 0 bridgehead atoms. The first kappa shape index (κ1) is 29.2. The summed E-state index contributed by atoms with van der Waals surface area (Å²) in [6.45, 7) is 9.34. The Kier molecular flexibility index (Phi) is 9.64. The number of esters is 2. The fourth-order valence-corrected chi connectivity index (χ4v) is 4.44. The smallest absolute Gasteiger partial charge is 0.313 e. The van der Waals surface area contributed by atoms with Crippen molar-refractivity contribution in [3.05, 3.63) is 149 Å². The van der Waals surface area contributed by atoms with Gasteiger partial charge in [-0.3, -0.25) is 14.4 Å². The first-order chi connectivity index (χ1) is 19.7. The van der Waals surface area contributed by atoms with E-state index in [1.807, 2.05) is 72.8 Å². The molecule has 208 valence electrons. The van der Waals surface area contributed by atoms with E-state index in [4.69, 9.17) is 9.47 Å². The maximum atomic E-state index is 12.9. The molecule has 0 fully saturated rings. The van der Waals surface area contributed by atoms with Crippen LogP contribution in [0, 0.1) is 0 Å². The highest BCUT2D eigenvalue weighted by atomic mass is 16.6. The lowest BCUT2D eigenvalue weighted by molar-refractivity contribution is -0.159. The number of carbonyl (C=O) groups is 3. The molecular formula is C36H34O5. The monoisotopic (exact) mass is 546 g/mol. The molecule has 0 saturated heterocycles. The molecular weight excluding hydrogens is 512 g/mol. The summed E-state index contributed by atoms with van der Waals surface area (Å²) in [5, 5.41) is 0. The second kappa shape index (κ2) is 13.5. The van der Waals surface area contributed by atoms with Gasteiger partial charge >= 0.3 is 11.9 Å². The van der Waals surface area contributed by atoms with Crippen molar-refractivity contribution >= 4 is 23.3 Å². The van der Waals surface area contributed by atoms with Crippen LogP contribution in [0.4, 0.5) is 0 Å². The third kappa shape index (κ3) is 7.46. The predicted octanol–water partition coefficient (Wildman–Crippen LogP) is 7.36. The quantitative estimate of drug-likeness (QED) is 0.145. The van der Waals surface area contributed by atoms with E-state index < -0.39 is 29.9 Å². The molecule has 3 unspecified atom stereocenters. The summed E-state index contributed by atoms with van der Waals surface area (Å²) >= 11 is 0. The predicted molar refractivity (Wildman–Crippen MR) is 161 cm³/mol. The number of benzene rings is 4. The zero-order chi connectivity index (χ0) is 29.4. The summed E-state index contributed by atoms with van der Waals surface area (Å²) in [4.78, 5) is 38.5. The molecule has 4 aromatic rings. The summed E-state index contributed by atoms with van der Waals surface area (Å²) in [7, 11) is 0. The summed E-state index contributed by atoms with van der Waals surface area (Å²) in [6.07, 6.45) is -0.639. The van der Waals surface area contributed by atoms with Crippen molar-refractivity contribution in [1.29, 1.82) is 0 Å². The molecule has 0 aliphatic rings. The van der Waals surface area contributed by atoms with Gasteiger partial charge < -0.3 is 9.47 Å². The maximum Gasteiger partial charge on any atom is 0.313 e. The first-order valence-electron chi connectivity index (χ1n) is 13.7. The Hall–Kier alpha value is -4.77. The molecule has 0 aliphatic heterocycles. The van der Waals surface area contributed by atoms with E-state index in [0.29, 0.717) is 16.7 Å². The molecule has 0 heterocycles. The standard InChI is InChI=1S/C36H34O5/c1-24(41-36(39)27(4)32-19-12-20-33(22-32)34(37)29-15-9-6-10-16-29)23-40-35(38)26(3)31-18-11-17-30(21-31)25(2)28-13-7-5-8-14-28/h5-22,24,26-27H,2,23H2,1,3-4H3. The van der Waals surface area contributed by atoms with Crippen molar-refractivity contribution in [2.24, 2.45) is 0 Å². The van der Waals surface area contributed by atoms with Crippen LogP contribution in [0.15, 0.2) is 116 Å². The normalized spacial score (nSPS) is 13.0. The Morgan fingerprint density at radius 1 is 0.610 bits per heavy atom. The van der Waals surface area contributed by atoms with Crippen molar-refractivity contribution in [2.75, 3.05) is 6.61 Å². The number of carbonyl (C=O) groups excluding carboxylic acids is 3. The SMILES string of the molecule is C=C(c1ccccc1)c1cccc(C(C)C(=O)OCC(C)OC(=O)C(C)c2cccc(C(=O)c3ccccc3)c2)c1. The van der Waals surface area contributed by atoms with Crippen LogP contribution < -0.4 is 0 Å². The van der Waals surface area contributed by atoms with Gasteiger partial charge in [-0.15, -0.1) is 0 Å². The molecule has 0 spiro atoms. The minimum atomic E-state index is -0.639. The van der Waals surface area contributed by atoms with E-state index in [2.05, 4.69) is 6.58 Å². The van der Waals surface area contributed by atoms with Crippen LogP contribution in [0.2, 0.25) is 0 Å². The third-order valence-electron chi connectivity index (χ3n) is 7.03. The number of rotatable bonds is 11. The highest BCUT2D eigenvalue weighted by Crippen LogP contribution is 2.26. The van der Waals surface area contributed by atoms with E-state index in [0.717, 1.165) is 22.3 Å². The van der Waals surface area contributed by atoms with Gasteiger partial charge in [-0.25, -0.2) is 0 Å². The van der Waals surface area contributed by atoms with E-state index in [-0.39, 0.29) is 12.4 Å². The number of hydrogen-bond acceptors (Lipinski definition) is 5. The third-order valence-corrected chi connectivity index (χ3v) is 7.03. The zero-order valence-corrected chi connectivity index (χ0v) is 23.6. The minimum absolute atomic E-state index is 0.0649. The van der Waals surface area contributed by atoms with Crippen molar-refractivity contribution < 1.29 is 23.9 Å². The van der Waals surface area contributed by atoms with Crippen LogP contribution in [-0.4, -0.2) is 30.4 Å². The van der Waals surface area contributed by atoms with Crippen molar-refractivity contribution in [2.45, 2.75) is 38.7 Å². The number of hydrogen-bond donors (Lipinski definition) is 0. The molecule has 5 nitrogen and oxygen atoms in total. The van der Waals surface area contributed by atoms with E-state index in [1.165, 1.54) is 0 Å². The van der Waals surface area contributed by atoms with Crippen LogP contribution in [0.3, 0.4) is 0 Å². The Morgan fingerprint density at radius 3 is 1.71 bits per heavy atom. The van der Waals surface area contributed by atoms with Gasteiger partial charge in [0.05, 0.1) is 11.8 Å². The fraction of sp³-hybridized carbons (Fsp3) is 0.194. The van der Waals surface area contributed by atoms with Crippen molar-refractivity contribution in [3.63, 3.8) is 0 Å². The zero-order valence-electron chi connectivity index (χ0n) is 23.6. The van der Waals surface area contributed by atoms with Gasteiger partial charge in [-0.1, -0.05) is 110 Å². The van der Waals surface area contributed by atoms with Crippen molar-refractivity contribution in [3.8, 4) is 0 Å². The lowest BCUT2D eigenvalue weighted by Gasteiger charge is -2.19. The van der Waals surface area contributed by atoms with Gasteiger partial charge in [-0.2, -0.15) is 0 Å². The van der Waals surface area contributed by atoms with Crippen LogP contribution >= 0.6 is 0 Å². The van der Waals surface area contributed by atoms with E-state index >= 15 is 0 Å². The fourth-order valence-electron chi connectivity index (χ4n) is 4.44. The largest absolute Gasteiger partial charge is 0.461 e. The van der Waals surface area contributed by atoms with Crippen LogP contribution in [-0.2, 0) is 19.1 Å². The van der Waals surface area contributed by atoms with Crippen LogP contribution in [0.5, 0.6) is 0 Å². The average Bonchev–Trinajstić information content (AvgIpc) is 3.03. The van der Waals surface area contributed by atoms with Gasteiger partial charge in [0.1, 0.15) is 12.7 Å². The molecule has 4 rings (SSSR count). The molecule has 5 heteroatoms. The van der Waals surface area contributed by atoms with Gasteiger partial charge in [0.2, 0.25) is 0 Å². The first-order valence-corrected chi connectivity index (χ1v) is 13.7. The summed E-state index contributed by atoms with van der Waals surface area (Å²) in [5.41, 5.74) is 5.38. The molecule has 0 aromatic heterocycles. The molecule has 3 atom stereocenters. The minimum Gasteiger partial charge on any atom is -0.461 e. The summed E-state index contributed by atoms with van der Waals surface area (Å²) < 4.78 is 11.1. The van der Waals surface area contributed by atoms with E-state index in [9.17, 15) is 14.4 Å². The average molecular weight is 547 g/mol. The number of ketones is 1. The second-order valence-electron chi connectivity index (χ2n) is 10.1. The molecule has 0 amide bonds. The molecule has 0 saturated carbocycles. The Bertz CT molecular complexity index is 1520. The molecule has 0 aliphatic carbocycles. The highest BCUT2D eigenvalue weighted by molar-refractivity contribution is 6.09. The maximum absolute atomic E-state index is 12.9. The van der Waals surface area contributed by atoms with Gasteiger partial charge in [-0.05, 0) is 54.7 Å². The highest BCUT2D eigenvalue weighted by Gasteiger charge is 2.23. The van der Waals surface area contributed by atoms with Gasteiger partial charge in [0, 0.05) is 11.1 Å². The topological polar surface area (TPSA) is 69.7 Å². The Labute approximate surface area is 241 Å². The number of ether oxygens (including phenoxy) is 2. The Morgan fingerprint density at radius 2 is 1.10 bits per heavy atom. The van der Waals surface area contributed by atoms with Gasteiger partial charge in [0.15, 0.2) is 5.78 Å². The Balaban J connectivity index is 1.31. The van der Waals surface area contributed by atoms with Crippen molar-refractivity contribution in [1.82, 2.24) is 0 Å². The lowest BCUT2D eigenvalue weighted by Crippen LogP contribution is -2.26. The van der Waals surface area contributed by atoms with Crippen LogP contribution in [0.25, 0.3) is 5.57 Å². The van der Waals surface area contributed by atoms with E-state index in [1.54, 1.807) is 57.2 Å². The molecule has 0 radical (unpaired) electrons. The lowest BCUT2D eigenvalue weighted by atomic mass is 9.94. The molecule has 4 aromatic carbocycles.